The van der Waals surface area contributed by atoms with Gasteiger partial charge in [-0.1, -0.05) is 32.0 Å². The largest absolute Gasteiger partial charge is 0.339 e. The fourth-order valence-electron chi connectivity index (χ4n) is 3.18. The monoisotopic (exact) mass is 399 g/mol. The predicted octanol–water partition coefficient (Wildman–Crippen LogP) is 3.33. The minimum atomic E-state index is -0.223. The second-order valence-corrected chi connectivity index (χ2v) is 8.20. The van der Waals surface area contributed by atoms with Gasteiger partial charge >= 0.3 is 0 Å². The first-order valence-electron chi connectivity index (χ1n) is 9.46. The number of rotatable bonds is 5. The number of para-hydroxylation sites is 1. The number of carbonyl (C=O) groups excluding carboxylic acids is 3. The van der Waals surface area contributed by atoms with Crippen molar-refractivity contribution in [3.63, 3.8) is 0 Å². The van der Waals surface area contributed by atoms with Crippen LogP contribution in [0, 0.1) is 5.92 Å². The first-order chi connectivity index (χ1) is 13.5. The van der Waals surface area contributed by atoms with Crippen LogP contribution in [0.25, 0.3) is 0 Å². The molecule has 0 atom stereocenters. The topological polar surface area (TPSA) is 69.7 Å². The third-order valence-electron chi connectivity index (χ3n) is 4.65. The van der Waals surface area contributed by atoms with Crippen LogP contribution in [0.5, 0.6) is 0 Å². The predicted molar refractivity (Wildman–Crippen MR) is 111 cm³/mol. The standard InChI is InChI=1S/C21H25N3O3S/c1-15(2)14-19(25)23-9-11-24(12-10-23)21(27)16-6-3-4-7-17(16)22-20(26)18-8-5-13-28-18/h3-8,13,15H,9-12,14H2,1-2H3,(H,22,26). The van der Waals surface area contributed by atoms with Crippen LogP contribution in [0.3, 0.4) is 0 Å². The molecule has 1 N–H and O–H groups in total. The zero-order chi connectivity index (χ0) is 20.1. The molecular weight excluding hydrogens is 374 g/mol. The van der Waals surface area contributed by atoms with Gasteiger partial charge in [-0.25, -0.2) is 0 Å². The van der Waals surface area contributed by atoms with E-state index < -0.39 is 0 Å². The lowest BCUT2D eigenvalue weighted by Gasteiger charge is -2.35. The van der Waals surface area contributed by atoms with Gasteiger partial charge in [-0.3, -0.25) is 14.4 Å². The molecule has 2 heterocycles. The van der Waals surface area contributed by atoms with Gasteiger partial charge in [0.15, 0.2) is 0 Å². The maximum atomic E-state index is 13.0. The van der Waals surface area contributed by atoms with Gasteiger partial charge in [0, 0.05) is 32.6 Å². The van der Waals surface area contributed by atoms with Crippen molar-refractivity contribution in [3.8, 4) is 0 Å². The molecule has 7 heteroatoms. The van der Waals surface area contributed by atoms with Crippen molar-refractivity contribution in [1.82, 2.24) is 9.80 Å². The highest BCUT2D eigenvalue weighted by molar-refractivity contribution is 7.12. The van der Waals surface area contributed by atoms with E-state index in [1.807, 2.05) is 30.2 Å². The summed E-state index contributed by atoms with van der Waals surface area (Å²) in [5.74, 6) is 0.120. The lowest BCUT2D eigenvalue weighted by molar-refractivity contribution is -0.133. The first kappa shape index (κ1) is 20.1. The first-order valence-corrected chi connectivity index (χ1v) is 10.3. The van der Waals surface area contributed by atoms with Crippen molar-refractivity contribution < 1.29 is 14.4 Å². The van der Waals surface area contributed by atoms with Gasteiger partial charge < -0.3 is 15.1 Å². The minimum absolute atomic E-state index is 0.127. The van der Waals surface area contributed by atoms with Crippen LogP contribution in [-0.4, -0.2) is 53.7 Å². The van der Waals surface area contributed by atoms with Crippen molar-refractivity contribution in [2.45, 2.75) is 20.3 Å². The number of anilines is 1. The Kier molecular flexibility index (Phi) is 6.46. The van der Waals surface area contributed by atoms with Crippen molar-refractivity contribution in [2.75, 3.05) is 31.5 Å². The maximum Gasteiger partial charge on any atom is 0.265 e. The number of nitrogens with one attached hydrogen (secondary N) is 1. The number of piperazine rings is 1. The van der Waals surface area contributed by atoms with Crippen molar-refractivity contribution in [1.29, 1.82) is 0 Å². The summed E-state index contributed by atoms with van der Waals surface area (Å²) >= 11 is 1.35. The van der Waals surface area contributed by atoms with E-state index >= 15 is 0 Å². The van der Waals surface area contributed by atoms with Crippen LogP contribution < -0.4 is 5.32 Å². The summed E-state index contributed by atoms with van der Waals surface area (Å²) in [6, 6.07) is 10.6. The molecule has 1 fully saturated rings. The Morgan fingerprint density at radius 1 is 1.00 bits per heavy atom. The SMILES string of the molecule is CC(C)CC(=O)N1CCN(C(=O)c2ccccc2NC(=O)c2cccs2)CC1. The Balaban J connectivity index is 1.65. The summed E-state index contributed by atoms with van der Waals surface area (Å²) in [7, 11) is 0. The lowest BCUT2D eigenvalue weighted by Crippen LogP contribution is -2.50. The third kappa shape index (κ3) is 4.78. The summed E-state index contributed by atoms with van der Waals surface area (Å²) in [5, 5.41) is 4.68. The van der Waals surface area contributed by atoms with Gasteiger partial charge in [0.1, 0.15) is 0 Å². The Morgan fingerprint density at radius 3 is 2.32 bits per heavy atom. The number of carbonyl (C=O) groups is 3. The summed E-state index contributed by atoms with van der Waals surface area (Å²) in [4.78, 5) is 41.8. The molecule has 3 rings (SSSR count). The van der Waals surface area contributed by atoms with Gasteiger partial charge in [-0.15, -0.1) is 11.3 Å². The lowest BCUT2D eigenvalue weighted by atomic mass is 10.1. The molecule has 2 aromatic rings. The Labute approximate surface area is 169 Å². The van der Waals surface area contributed by atoms with E-state index in [-0.39, 0.29) is 17.7 Å². The Hall–Kier alpha value is -2.67. The zero-order valence-electron chi connectivity index (χ0n) is 16.2. The number of amides is 3. The zero-order valence-corrected chi connectivity index (χ0v) is 17.0. The fourth-order valence-corrected chi connectivity index (χ4v) is 3.80. The average molecular weight is 400 g/mol. The normalized spacial score (nSPS) is 14.2. The van der Waals surface area contributed by atoms with E-state index in [1.54, 1.807) is 35.2 Å². The molecule has 1 aromatic carbocycles. The summed E-state index contributed by atoms with van der Waals surface area (Å²) in [5.41, 5.74) is 0.971. The van der Waals surface area contributed by atoms with Gasteiger partial charge in [0.05, 0.1) is 16.1 Å². The highest BCUT2D eigenvalue weighted by Crippen LogP contribution is 2.20. The summed E-state index contributed by atoms with van der Waals surface area (Å²) in [6.45, 7) is 6.13. The summed E-state index contributed by atoms with van der Waals surface area (Å²) < 4.78 is 0. The molecule has 0 unspecified atom stereocenters. The number of hydrogen-bond donors (Lipinski definition) is 1. The molecule has 0 saturated carbocycles. The molecule has 1 aliphatic heterocycles. The van der Waals surface area contributed by atoms with Gasteiger partial charge in [0.25, 0.3) is 11.8 Å². The molecule has 1 aliphatic rings. The molecular formula is C21H25N3O3S. The van der Waals surface area contributed by atoms with Crippen LogP contribution in [0.2, 0.25) is 0 Å². The molecule has 6 nitrogen and oxygen atoms in total. The number of hydrogen-bond acceptors (Lipinski definition) is 4. The van der Waals surface area contributed by atoms with Crippen LogP contribution in [0.4, 0.5) is 5.69 Å². The van der Waals surface area contributed by atoms with Gasteiger partial charge in [-0.2, -0.15) is 0 Å². The summed E-state index contributed by atoms with van der Waals surface area (Å²) in [6.07, 6.45) is 0.533. The second kappa shape index (κ2) is 9.01. The molecule has 1 saturated heterocycles. The molecule has 0 bridgehead atoms. The molecule has 0 radical (unpaired) electrons. The molecule has 1 aromatic heterocycles. The average Bonchev–Trinajstić information content (AvgIpc) is 3.22. The van der Waals surface area contributed by atoms with E-state index in [2.05, 4.69) is 5.32 Å². The van der Waals surface area contributed by atoms with E-state index in [9.17, 15) is 14.4 Å². The Morgan fingerprint density at radius 2 is 1.68 bits per heavy atom. The van der Waals surface area contributed by atoms with E-state index in [0.29, 0.717) is 54.6 Å². The minimum Gasteiger partial charge on any atom is -0.339 e. The van der Waals surface area contributed by atoms with E-state index in [4.69, 9.17) is 0 Å². The van der Waals surface area contributed by atoms with Crippen LogP contribution in [-0.2, 0) is 4.79 Å². The van der Waals surface area contributed by atoms with Crippen molar-refractivity contribution in [2.24, 2.45) is 5.92 Å². The number of thiophene rings is 1. The smallest absolute Gasteiger partial charge is 0.265 e. The molecule has 148 valence electrons. The third-order valence-corrected chi connectivity index (χ3v) is 5.52. The maximum absolute atomic E-state index is 13.0. The molecule has 3 amide bonds. The Bertz CT molecular complexity index is 840. The van der Waals surface area contributed by atoms with E-state index in [0.717, 1.165) is 0 Å². The van der Waals surface area contributed by atoms with Crippen LogP contribution in [0.1, 0.15) is 40.3 Å². The molecule has 0 aliphatic carbocycles. The van der Waals surface area contributed by atoms with Crippen molar-refractivity contribution >= 4 is 34.7 Å². The number of benzene rings is 1. The highest BCUT2D eigenvalue weighted by Gasteiger charge is 2.26. The van der Waals surface area contributed by atoms with Gasteiger partial charge in [0.2, 0.25) is 5.91 Å². The van der Waals surface area contributed by atoms with E-state index in [1.165, 1.54) is 11.3 Å². The fraction of sp³-hybridized carbons (Fsp3) is 0.381. The quantitative estimate of drug-likeness (QED) is 0.838. The number of nitrogens with zero attached hydrogens (tertiary/aromatic N) is 2. The van der Waals surface area contributed by atoms with Gasteiger partial charge in [-0.05, 0) is 29.5 Å². The molecule has 0 spiro atoms. The van der Waals surface area contributed by atoms with Crippen LogP contribution >= 0.6 is 11.3 Å². The van der Waals surface area contributed by atoms with Crippen LogP contribution in [0.15, 0.2) is 41.8 Å². The second-order valence-electron chi connectivity index (χ2n) is 7.25. The molecule has 28 heavy (non-hydrogen) atoms. The van der Waals surface area contributed by atoms with Crippen molar-refractivity contribution in [3.05, 3.63) is 52.2 Å². The highest BCUT2D eigenvalue weighted by atomic mass is 32.1.